The van der Waals surface area contributed by atoms with Gasteiger partial charge in [0.2, 0.25) is 5.91 Å². The van der Waals surface area contributed by atoms with Gasteiger partial charge in [-0.1, -0.05) is 43.0 Å². The number of nitrogens with one attached hydrogen (secondary N) is 1. The number of amides is 1. The van der Waals surface area contributed by atoms with Crippen molar-refractivity contribution >= 4 is 11.6 Å². The smallest absolute Gasteiger partial charge is 0.247 e. The Kier molecular flexibility index (Phi) is 4.81. The summed E-state index contributed by atoms with van der Waals surface area (Å²) < 4.78 is 0. The van der Waals surface area contributed by atoms with E-state index in [0.717, 1.165) is 31.5 Å². The summed E-state index contributed by atoms with van der Waals surface area (Å²) in [5, 5.41) is 3.06. The van der Waals surface area contributed by atoms with Crippen LogP contribution in [0.2, 0.25) is 0 Å². The molecule has 0 saturated carbocycles. The molecule has 3 heteroatoms. The van der Waals surface area contributed by atoms with Gasteiger partial charge in [-0.05, 0) is 67.4 Å². The number of carbonyl (C=O) groups excluding carboxylic acids is 1. The molecule has 2 aromatic carbocycles. The number of nitrogens with zero attached hydrogens (tertiary/aromatic N) is 1. The van der Waals surface area contributed by atoms with Crippen LogP contribution in [-0.4, -0.2) is 31.4 Å². The topological polar surface area (TPSA) is 32.3 Å². The summed E-state index contributed by atoms with van der Waals surface area (Å²) in [4.78, 5) is 14.1. The Labute approximate surface area is 144 Å². The van der Waals surface area contributed by atoms with Gasteiger partial charge in [0.05, 0.1) is 0 Å². The Balaban J connectivity index is 1.97. The van der Waals surface area contributed by atoms with Crippen LogP contribution in [0.3, 0.4) is 0 Å². The van der Waals surface area contributed by atoms with Gasteiger partial charge < -0.3 is 10.2 Å². The molecule has 0 bridgehead atoms. The number of hydrogen-bond acceptors (Lipinski definition) is 2. The van der Waals surface area contributed by atoms with Gasteiger partial charge in [0.25, 0.3) is 0 Å². The summed E-state index contributed by atoms with van der Waals surface area (Å²) in [7, 11) is 4.17. The van der Waals surface area contributed by atoms with E-state index in [4.69, 9.17) is 0 Å². The molecule has 2 aromatic rings. The van der Waals surface area contributed by atoms with Crippen LogP contribution in [0, 0.1) is 0 Å². The highest BCUT2D eigenvalue weighted by Crippen LogP contribution is 2.41. The third kappa shape index (κ3) is 3.26. The Morgan fingerprint density at radius 3 is 2.75 bits per heavy atom. The van der Waals surface area contributed by atoms with E-state index in [0.29, 0.717) is 0 Å². The third-order valence-corrected chi connectivity index (χ3v) is 4.56. The van der Waals surface area contributed by atoms with E-state index in [9.17, 15) is 4.79 Å². The van der Waals surface area contributed by atoms with E-state index < -0.39 is 0 Å². The van der Waals surface area contributed by atoms with Crippen molar-refractivity contribution in [3.05, 3.63) is 65.7 Å². The van der Waals surface area contributed by atoms with E-state index in [1.54, 1.807) is 0 Å². The summed E-state index contributed by atoms with van der Waals surface area (Å²) in [6.45, 7) is 4.62. The Hall–Kier alpha value is -2.39. The standard InChI is InChI=1S/C21H24N2O/c1-4-20(24)22-21-15(9-7-13-23(2)3)11-12-18-17-10-6-5-8-16(17)14-19(18)21/h4-6,8,10-12H,1,7,9,13-14H2,2-3H3,(H,22,24). The van der Waals surface area contributed by atoms with Gasteiger partial charge in [-0.3, -0.25) is 4.79 Å². The average Bonchev–Trinajstić information content (AvgIpc) is 2.95. The largest absolute Gasteiger partial charge is 0.322 e. The predicted octanol–water partition coefficient (Wildman–Crippen LogP) is 3.88. The van der Waals surface area contributed by atoms with Crippen molar-refractivity contribution in [1.29, 1.82) is 0 Å². The van der Waals surface area contributed by atoms with E-state index >= 15 is 0 Å². The number of aryl methyl sites for hydroxylation is 1. The second-order valence-electron chi connectivity index (χ2n) is 6.56. The normalized spacial score (nSPS) is 12.0. The van der Waals surface area contributed by atoms with Crippen LogP contribution in [0.15, 0.2) is 49.1 Å². The molecule has 1 amide bonds. The van der Waals surface area contributed by atoms with Gasteiger partial charge in [-0.25, -0.2) is 0 Å². The first kappa shape index (κ1) is 16.5. The molecule has 124 valence electrons. The number of fused-ring (bicyclic) bond motifs is 3. The second kappa shape index (κ2) is 7.02. The first-order valence-corrected chi connectivity index (χ1v) is 8.41. The zero-order chi connectivity index (χ0) is 17.1. The molecule has 1 aliphatic carbocycles. The van der Waals surface area contributed by atoms with Gasteiger partial charge in [-0.15, -0.1) is 0 Å². The van der Waals surface area contributed by atoms with Crippen molar-refractivity contribution in [3.63, 3.8) is 0 Å². The maximum atomic E-state index is 12.0. The van der Waals surface area contributed by atoms with E-state index in [-0.39, 0.29) is 5.91 Å². The summed E-state index contributed by atoms with van der Waals surface area (Å²) >= 11 is 0. The van der Waals surface area contributed by atoms with Crippen LogP contribution < -0.4 is 5.32 Å². The van der Waals surface area contributed by atoms with E-state index in [1.807, 2.05) is 0 Å². The Bertz CT molecular complexity index is 777. The molecule has 0 fully saturated rings. The minimum absolute atomic E-state index is 0.145. The van der Waals surface area contributed by atoms with E-state index in [1.165, 1.54) is 33.9 Å². The Morgan fingerprint density at radius 2 is 2.00 bits per heavy atom. The average molecular weight is 320 g/mol. The fourth-order valence-electron chi connectivity index (χ4n) is 3.38. The molecule has 0 aliphatic heterocycles. The quantitative estimate of drug-likeness (QED) is 0.699. The van der Waals surface area contributed by atoms with Crippen molar-refractivity contribution in [3.8, 4) is 11.1 Å². The molecule has 0 radical (unpaired) electrons. The molecular weight excluding hydrogens is 296 g/mol. The van der Waals surface area contributed by atoms with Crippen molar-refractivity contribution in [2.24, 2.45) is 0 Å². The maximum absolute atomic E-state index is 12.0. The zero-order valence-corrected chi connectivity index (χ0v) is 14.4. The molecule has 0 spiro atoms. The molecule has 24 heavy (non-hydrogen) atoms. The third-order valence-electron chi connectivity index (χ3n) is 4.56. The van der Waals surface area contributed by atoms with Gasteiger partial charge in [-0.2, -0.15) is 0 Å². The van der Waals surface area contributed by atoms with Crippen LogP contribution in [0.1, 0.15) is 23.1 Å². The number of anilines is 1. The lowest BCUT2D eigenvalue weighted by Gasteiger charge is -2.16. The molecule has 0 unspecified atom stereocenters. The molecular formula is C21H24N2O. The van der Waals surface area contributed by atoms with E-state index in [2.05, 4.69) is 67.3 Å². The molecule has 0 aromatic heterocycles. The number of hydrogen-bond donors (Lipinski definition) is 1. The molecule has 1 aliphatic rings. The summed E-state index contributed by atoms with van der Waals surface area (Å²) in [5.41, 5.74) is 7.26. The highest BCUT2D eigenvalue weighted by atomic mass is 16.1. The molecule has 1 N–H and O–H groups in total. The van der Waals surface area contributed by atoms with Gasteiger partial charge in [0.1, 0.15) is 0 Å². The summed E-state index contributed by atoms with van der Waals surface area (Å²) in [6.07, 6.45) is 4.23. The lowest BCUT2D eigenvalue weighted by atomic mass is 9.98. The minimum atomic E-state index is -0.145. The minimum Gasteiger partial charge on any atom is -0.322 e. The molecule has 0 saturated heterocycles. The number of benzene rings is 2. The zero-order valence-electron chi connectivity index (χ0n) is 14.4. The fourth-order valence-corrected chi connectivity index (χ4v) is 3.38. The van der Waals surface area contributed by atoms with Gasteiger partial charge in [0, 0.05) is 12.1 Å². The van der Waals surface area contributed by atoms with Gasteiger partial charge in [0.15, 0.2) is 0 Å². The number of rotatable bonds is 6. The van der Waals surface area contributed by atoms with Crippen LogP contribution in [0.5, 0.6) is 0 Å². The number of carbonyl (C=O) groups is 1. The molecule has 0 atom stereocenters. The lowest BCUT2D eigenvalue weighted by Crippen LogP contribution is -2.15. The fraction of sp³-hybridized carbons (Fsp3) is 0.286. The predicted molar refractivity (Wildman–Crippen MR) is 100 cm³/mol. The second-order valence-corrected chi connectivity index (χ2v) is 6.56. The first-order chi connectivity index (χ1) is 11.6. The van der Waals surface area contributed by atoms with Gasteiger partial charge >= 0.3 is 0 Å². The van der Waals surface area contributed by atoms with Crippen molar-refractivity contribution in [2.75, 3.05) is 26.0 Å². The van der Waals surface area contributed by atoms with Crippen molar-refractivity contribution in [2.45, 2.75) is 19.3 Å². The van der Waals surface area contributed by atoms with Crippen molar-refractivity contribution in [1.82, 2.24) is 4.90 Å². The van der Waals surface area contributed by atoms with Crippen LogP contribution in [0.4, 0.5) is 5.69 Å². The molecule has 3 rings (SSSR count). The molecule has 0 heterocycles. The summed E-state index contributed by atoms with van der Waals surface area (Å²) in [5.74, 6) is -0.145. The summed E-state index contributed by atoms with van der Waals surface area (Å²) in [6, 6.07) is 12.8. The lowest BCUT2D eigenvalue weighted by molar-refractivity contribution is -0.111. The van der Waals surface area contributed by atoms with Crippen LogP contribution in [0.25, 0.3) is 11.1 Å². The highest BCUT2D eigenvalue weighted by molar-refractivity contribution is 6.01. The Morgan fingerprint density at radius 1 is 1.21 bits per heavy atom. The van der Waals surface area contributed by atoms with Crippen LogP contribution >= 0.6 is 0 Å². The first-order valence-electron chi connectivity index (χ1n) is 8.41. The monoisotopic (exact) mass is 320 g/mol. The highest BCUT2D eigenvalue weighted by Gasteiger charge is 2.23. The van der Waals surface area contributed by atoms with Crippen LogP contribution in [-0.2, 0) is 17.6 Å². The SMILES string of the molecule is C=CC(=O)Nc1c(CCCN(C)C)ccc2c1Cc1ccccc1-2. The van der Waals surface area contributed by atoms with Crippen molar-refractivity contribution < 1.29 is 4.79 Å². The maximum Gasteiger partial charge on any atom is 0.247 e. The molecule has 3 nitrogen and oxygen atoms in total.